The number of aryl methyl sites for hydroxylation is 1. The number of carbonyl (C=O) groups excluding carboxylic acids is 1. The van der Waals surface area contributed by atoms with Crippen LogP contribution in [0.1, 0.15) is 53.2 Å². The van der Waals surface area contributed by atoms with Gasteiger partial charge in [-0.25, -0.2) is 0 Å². The van der Waals surface area contributed by atoms with Gasteiger partial charge in [-0.3, -0.25) is 9.78 Å². The van der Waals surface area contributed by atoms with Gasteiger partial charge >= 0.3 is 0 Å². The fourth-order valence-electron chi connectivity index (χ4n) is 3.16. The summed E-state index contributed by atoms with van der Waals surface area (Å²) in [5.41, 5.74) is 5.47. The number of aromatic nitrogens is 1. The van der Waals surface area contributed by atoms with Crippen molar-refractivity contribution in [3.8, 4) is 0 Å². The summed E-state index contributed by atoms with van der Waals surface area (Å²) in [5.74, 6) is 0.238. The Balaban J connectivity index is 1.90. The van der Waals surface area contributed by atoms with Crippen LogP contribution < -0.4 is 0 Å². The largest absolute Gasteiger partial charge is 0.375 e. The summed E-state index contributed by atoms with van der Waals surface area (Å²) < 4.78 is 0. The lowest BCUT2D eigenvalue weighted by Gasteiger charge is -2.26. The minimum atomic E-state index is 0.238. The van der Waals surface area contributed by atoms with Crippen molar-refractivity contribution in [2.45, 2.75) is 46.5 Å². The predicted octanol–water partition coefficient (Wildman–Crippen LogP) is 5.13. The Morgan fingerprint density at radius 3 is 2.54 bits per heavy atom. The van der Waals surface area contributed by atoms with Crippen molar-refractivity contribution in [3.63, 3.8) is 0 Å². The molecule has 0 bridgehead atoms. The van der Waals surface area contributed by atoms with E-state index in [9.17, 15) is 4.79 Å². The van der Waals surface area contributed by atoms with E-state index in [4.69, 9.17) is 0 Å². The molecular weight excluding hydrogens is 320 g/mol. The first kappa shape index (κ1) is 19.9. The normalized spacial score (nSPS) is 10.6. The van der Waals surface area contributed by atoms with Gasteiger partial charge < -0.3 is 4.90 Å². The van der Waals surface area contributed by atoms with E-state index in [0.717, 1.165) is 49.2 Å². The van der Waals surface area contributed by atoms with Crippen LogP contribution in [0.5, 0.6) is 0 Å². The monoisotopic (exact) mass is 350 g/mol. The molecule has 1 aromatic carbocycles. The summed E-state index contributed by atoms with van der Waals surface area (Å²) in [4.78, 5) is 19.0. The summed E-state index contributed by atoms with van der Waals surface area (Å²) >= 11 is 0. The number of carbonyl (C=O) groups is 1. The van der Waals surface area contributed by atoms with E-state index >= 15 is 0 Å². The number of hydrogen-bond donors (Lipinski definition) is 0. The van der Waals surface area contributed by atoms with Crippen LogP contribution >= 0.6 is 0 Å². The summed E-state index contributed by atoms with van der Waals surface area (Å²) in [7, 11) is 0. The molecule has 1 heterocycles. The topological polar surface area (TPSA) is 33.2 Å². The third kappa shape index (κ3) is 5.55. The Labute approximate surface area is 157 Å². The van der Waals surface area contributed by atoms with Crippen LogP contribution in [0.15, 0.2) is 55.0 Å². The summed E-state index contributed by atoms with van der Waals surface area (Å²) in [6.45, 7) is 12.4. The second-order valence-electron chi connectivity index (χ2n) is 6.86. The molecule has 0 unspecified atom stereocenters. The van der Waals surface area contributed by atoms with Gasteiger partial charge in [-0.1, -0.05) is 31.7 Å². The van der Waals surface area contributed by atoms with Crippen LogP contribution in [-0.2, 0) is 6.42 Å². The highest BCUT2D eigenvalue weighted by molar-refractivity contribution is 5.97. The average Bonchev–Trinajstić information content (AvgIpc) is 2.64. The van der Waals surface area contributed by atoms with Crippen LogP contribution in [0.25, 0.3) is 0 Å². The number of benzene rings is 1. The smallest absolute Gasteiger partial charge is 0.163 e. The maximum atomic E-state index is 12.6. The number of Topliss-reactive ketones (excluding diaryl/α,β-unsaturated/α-hetero) is 1. The summed E-state index contributed by atoms with van der Waals surface area (Å²) in [5, 5.41) is 0. The molecule has 138 valence electrons. The maximum Gasteiger partial charge on any atom is 0.163 e. The summed E-state index contributed by atoms with van der Waals surface area (Å²) in [6, 6.07) is 10.0. The molecule has 0 fully saturated rings. The van der Waals surface area contributed by atoms with Crippen LogP contribution in [0.3, 0.4) is 0 Å². The van der Waals surface area contributed by atoms with Gasteiger partial charge in [-0.15, -0.1) is 0 Å². The minimum Gasteiger partial charge on any atom is -0.375 e. The number of hydrogen-bond acceptors (Lipinski definition) is 3. The zero-order valence-electron chi connectivity index (χ0n) is 16.3. The number of allylic oxidation sites excluding steroid dienone is 1. The molecule has 2 aromatic rings. The molecule has 0 saturated carbocycles. The molecule has 2 rings (SSSR count). The molecule has 3 nitrogen and oxygen atoms in total. The molecule has 0 atom stereocenters. The highest BCUT2D eigenvalue weighted by atomic mass is 16.1. The molecule has 0 N–H and O–H groups in total. The third-order valence-corrected chi connectivity index (χ3v) is 4.84. The van der Waals surface area contributed by atoms with Gasteiger partial charge in [-0.2, -0.15) is 0 Å². The van der Waals surface area contributed by atoms with E-state index in [1.807, 2.05) is 43.6 Å². The molecule has 0 amide bonds. The minimum absolute atomic E-state index is 0.238. The van der Waals surface area contributed by atoms with Gasteiger partial charge in [0.1, 0.15) is 0 Å². The predicted molar refractivity (Wildman–Crippen MR) is 108 cm³/mol. The quantitative estimate of drug-likeness (QED) is 0.557. The number of nitrogens with zero attached hydrogens (tertiary/aromatic N) is 2. The van der Waals surface area contributed by atoms with Gasteiger partial charge in [-0.05, 0) is 55.5 Å². The van der Waals surface area contributed by atoms with Crippen molar-refractivity contribution in [2.24, 2.45) is 0 Å². The molecular formula is C23H30N2O. The molecule has 0 saturated heterocycles. The van der Waals surface area contributed by atoms with Crippen LogP contribution in [0.4, 0.5) is 0 Å². The van der Waals surface area contributed by atoms with E-state index < -0.39 is 0 Å². The van der Waals surface area contributed by atoms with Crippen molar-refractivity contribution in [3.05, 3.63) is 77.3 Å². The second kappa shape index (κ2) is 9.91. The van der Waals surface area contributed by atoms with E-state index in [-0.39, 0.29) is 5.78 Å². The van der Waals surface area contributed by atoms with Gasteiger partial charge in [0.15, 0.2) is 5.78 Å². The third-order valence-electron chi connectivity index (χ3n) is 4.84. The van der Waals surface area contributed by atoms with Crippen LogP contribution in [0, 0.1) is 13.8 Å². The van der Waals surface area contributed by atoms with E-state index in [0.29, 0.717) is 6.42 Å². The first-order valence-electron chi connectivity index (χ1n) is 9.44. The second-order valence-corrected chi connectivity index (χ2v) is 6.86. The van der Waals surface area contributed by atoms with E-state index in [1.165, 1.54) is 11.1 Å². The SMILES string of the molecule is C=C(Cc1ccncc1)N(CCC)CCCC(=O)c1cccc(C)c1C. The van der Waals surface area contributed by atoms with Crippen molar-refractivity contribution >= 4 is 5.78 Å². The Bertz CT molecular complexity index is 737. The summed E-state index contributed by atoms with van der Waals surface area (Å²) in [6.07, 6.45) is 6.95. The van der Waals surface area contributed by atoms with Gasteiger partial charge in [0.05, 0.1) is 0 Å². The van der Waals surface area contributed by atoms with E-state index in [2.05, 4.69) is 36.4 Å². The number of rotatable bonds is 10. The van der Waals surface area contributed by atoms with Gasteiger partial charge in [0.2, 0.25) is 0 Å². The molecule has 0 spiro atoms. The van der Waals surface area contributed by atoms with Crippen LogP contribution in [-0.4, -0.2) is 28.8 Å². The van der Waals surface area contributed by atoms with Crippen molar-refractivity contribution in [1.29, 1.82) is 0 Å². The standard InChI is InChI=1S/C23H30N2O/c1-5-15-25(19(3)17-21-11-13-24-14-12-21)16-7-10-23(26)22-9-6-8-18(2)20(22)4/h6,8-9,11-14H,3,5,7,10,15-17H2,1-2,4H3. The molecule has 26 heavy (non-hydrogen) atoms. The molecule has 1 aromatic heterocycles. The zero-order valence-corrected chi connectivity index (χ0v) is 16.3. The molecule has 0 aliphatic rings. The van der Waals surface area contributed by atoms with Crippen molar-refractivity contribution in [2.75, 3.05) is 13.1 Å². The number of pyridine rings is 1. The lowest BCUT2D eigenvalue weighted by atomic mass is 9.98. The Morgan fingerprint density at radius 1 is 1.12 bits per heavy atom. The lowest BCUT2D eigenvalue weighted by Crippen LogP contribution is -2.26. The first-order valence-corrected chi connectivity index (χ1v) is 9.44. The average molecular weight is 351 g/mol. The molecule has 0 aliphatic heterocycles. The van der Waals surface area contributed by atoms with Crippen molar-refractivity contribution < 1.29 is 4.79 Å². The van der Waals surface area contributed by atoms with Crippen LogP contribution in [0.2, 0.25) is 0 Å². The first-order chi connectivity index (χ1) is 12.5. The van der Waals surface area contributed by atoms with Crippen molar-refractivity contribution in [1.82, 2.24) is 9.88 Å². The maximum absolute atomic E-state index is 12.6. The molecule has 3 heteroatoms. The fourth-order valence-corrected chi connectivity index (χ4v) is 3.16. The zero-order chi connectivity index (χ0) is 18.9. The Morgan fingerprint density at radius 2 is 1.85 bits per heavy atom. The number of ketones is 1. The van der Waals surface area contributed by atoms with Gasteiger partial charge in [0.25, 0.3) is 0 Å². The van der Waals surface area contributed by atoms with E-state index in [1.54, 1.807) is 0 Å². The Hall–Kier alpha value is -2.42. The fraction of sp³-hybridized carbons (Fsp3) is 0.391. The molecule has 0 radical (unpaired) electrons. The Kier molecular flexibility index (Phi) is 7.58. The molecule has 0 aliphatic carbocycles. The lowest BCUT2D eigenvalue weighted by molar-refractivity contribution is 0.0975. The van der Waals surface area contributed by atoms with Gasteiger partial charge in [0, 0.05) is 49.6 Å². The highest BCUT2D eigenvalue weighted by Gasteiger charge is 2.12. The highest BCUT2D eigenvalue weighted by Crippen LogP contribution is 2.17.